The normalized spacial score (nSPS) is 14.4. The summed E-state index contributed by atoms with van der Waals surface area (Å²) in [6.07, 6.45) is 1.88. The van der Waals surface area contributed by atoms with Crippen molar-refractivity contribution in [1.29, 1.82) is 0 Å². The number of methoxy groups -OCH3 is 1. The lowest BCUT2D eigenvalue weighted by atomic mass is 10.0. The fourth-order valence-corrected chi connectivity index (χ4v) is 6.46. The quantitative estimate of drug-likeness (QED) is 0.683. The summed E-state index contributed by atoms with van der Waals surface area (Å²) in [7, 11) is -5.95. The number of rotatable bonds is 7. The van der Waals surface area contributed by atoms with Gasteiger partial charge in [0.2, 0.25) is 10.0 Å². The molecule has 2 aromatic rings. The number of hydrogen-bond acceptors (Lipinski definition) is 5. The smallest absolute Gasteiger partial charge is 0.265 e. The predicted octanol–water partition coefficient (Wildman–Crippen LogP) is 3.64. The van der Waals surface area contributed by atoms with Crippen molar-refractivity contribution in [3.8, 4) is 5.75 Å². The molecule has 29 heavy (non-hydrogen) atoms. The molecule has 1 heterocycles. The van der Waals surface area contributed by atoms with Gasteiger partial charge in [0.15, 0.2) is 0 Å². The Labute approximate surface area is 176 Å². The Hall–Kier alpha value is -1.97. The van der Waals surface area contributed by atoms with Gasteiger partial charge in [-0.25, -0.2) is 16.8 Å². The summed E-state index contributed by atoms with van der Waals surface area (Å²) in [6, 6.07) is 9.24. The van der Waals surface area contributed by atoms with E-state index in [0.717, 1.165) is 5.56 Å². The topological polar surface area (TPSA) is 92.8 Å². The van der Waals surface area contributed by atoms with E-state index in [1.807, 2.05) is 6.92 Å². The number of halogens is 1. The van der Waals surface area contributed by atoms with Gasteiger partial charge in [-0.1, -0.05) is 18.5 Å². The lowest BCUT2D eigenvalue weighted by Crippen LogP contribution is -2.37. The summed E-state index contributed by atoms with van der Waals surface area (Å²) in [5.41, 5.74) is 1.74. The van der Waals surface area contributed by atoms with E-state index in [-0.39, 0.29) is 21.4 Å². The van der Waals surface area contributed by atoms with E-state index in [9.17, 15) is 16.8 Å². The first-order valence-corrected chi connectivity index (χ1v) is 12.6. The minimum absolute atomic E-state index is 0.0719. The van der Waals surface area contributed by atoms with Gasteiger partial charge in [0.05, 0.1) is 18.6 Å². The summed E-state index contributed by atoms with van der Waals surface area (Å²) in [4.78, 5) is -0.0719. The number of anilines is 2. The highest BCUT2D eigenvalue weighted by Crippen LogP contribution is 2.34. The Kier molecular flexibility index (Phi) is 6.30. The van der Waals surface area contributed by atoms with Gasteiger partial charge < -0.3 is 4.74 Å². The zero-order valence-electron chi connectivity index (χ0n) is 16.2. The van der Waals surface area contributed by atoms with Crippen molar-refractivity contribution < 1.29 is 21.6 Å². The monoisotopic (exact) mass is 458 g/mol. The number of hydrogen-bond donors (Lipinski definition) is 1. The third-order valence-corrected chi connectivity index (χ3v) is 8.23. The first-order valence-electron chi connectivity index (χ1n) is 9.17. The maximum atomic E-state index is 12.9. The number of benzene rings is 2. The van der Waals surface area contributed by atoms with Crippen LogP contribution in [-0.2, 0) is 26.5 Å². The van der Waals surface area contributed by atoms with Gasteiger partial charge in [0, 0.05) is 17.3 Å². The van der Waals surface area contributed by atoms with Gasteiger partial charge in [-0.15, -0.1) is 0 Å². The number of ether oxygens (including phenoxy) is 1. The highest BCUT2D eigenvalue weighted by Gasteiger charge is 2.27. The molecular formula is C19H23ClN2O5S2. The predicted molar refractivity (Wildman–Crippen MR) is 115 cm³/mol. The second kappa shape index (κ2) is 8.41. The molecular weight excluding hydrogens is 436 g/mol. The first-order chi connectivity index (χ1) is 13.7. The largest absolute Gasteiger partial charge is 0.495 e. The molecule has 1 aliphatic heterocycles. The van der Waals surface area contributed by atoms with Gasteiger partial charge in [0.25, 0.3) is 10.0 Å². The zero-order chi connectivity index (χ0) is 21.2. The van der Waals surface area contributed by atoms with E-state index in [2.05, 4.69) is 4.72 Å². The minimum atomic E-state index is -3.95. The molecule has 3 rings (SSSR count). The molecule has 0 unspecified atom stereocenters. The molecule has 158 valence electrons. The van der Waals surface area contributed by atoms with Crippen LogP contribution in [-0.4, -0.2) is 36.2 Å². The van der Waals surface area contributed by atoms with Gasteiger partial charge in [-0.05, 0) is 61.2 Å². The maximum Gasteiger partial charge on any atom is 0.265 e. The van der Waals surface area contributed by atoms with E-state index < -0.39 is 20.0 Å². The SMILES string of the molecule is CCCS(=O)(=O)N1CCCc2cc(NS(=O)(=O)c3cc(Cl)ccc3OC)ccc21. The molecule has 0 aliphatic carbocycles. The third-order valence-electron chi connectivity index (χ3n) is 4.62. The second-order valence-electron chi connectivity index (χ2n) is 6.74. The van der Waals surface area contributed by atoms with Crippen LogP contribution in [0.5, 0.6) is 5.75 Å². The van der Waals surface area contributed by atoms with Gasteiger partial charge in [-0.3, -0.25) is 9.03 Å². The molecule has 0 atom stereocenters. The summed E-state index contributed by atoms with van der Waals surface area (Å²) in [6.45, 7) is 2.25. The van der Waals surface area contributed by atoms with Crippen LogP contribution in [0.1, 0.15) is 25.3 Å². The molecule has 0 bridgehead atoms. The Morgan fingerprint density at radius 1 is 1.14 bits per heavy atom. The van der Waals surface area contributed by atoms with E-state index in [1.54, 1.807) is 24.3 Å². The van der Waals surface area contributed by atoms with E-state index in [4.69, 9.17) is 16.3 Å². The average Bonchev–Trinajstić information content (AvgIpc) is 2.67. The molecule has 0 aromatic heterocycles. The Bertz CT molecular complexity index is 1120. The summed E-state index contributed by atoms with van der Waals surface area (Å²) < 4.78 is 59.9. The van der Waals surface area contributed by atoms with Gasteiger partial charge in [0.1, 0.15) is 10.6 Å². The molecule has 7 nitrogen and oxygen atoms in total. The van der Waals surface area contributed by atoms with Crippen LogP contribution in [0.15, 0.2) is 41.3 Å². The fourth-order valence-electron chi connectivity index (χ4n) is 3.35. The molecule has 0 saturated heterocycles. The van der Waals surface area contributed by atoms with E-state index in [0.29, 0.717) is 37.2 Å². The van der Waals surface area contributed by atoms with Crippen molar-refractivity contribution in [1.82, 2.24) is 0 Å². The first kappa shape index (κ1) is 21.7. The Morgan fingerprint density at radius 3 is 2.59 bits per heavy atom. The lowest BCUT2D eigenvalue weighted by Gasteiger charge is -2.30. The molecule has 0 radical (unpaired) electrons. The van der Waals surface area contributed by atoms with Crippen LogP contribution >= 0.6 is 11.6 Å². The second-order valence-corrected chi connectivity index (χ2v) is 10.8. The summed E-state index contributed by atoms with van der Waals surface area (Å²) in [5.74, 6) is 0.256. The van der Waals surface area contributed by atoms with Crippen molar-refractivity contribution in [2.24, 2.45) is 0 Å². The minimum Gasteiger partial charge on any atom is -0.495 e. The number of fused-ring (bicyclic) bond motifs is 1. The van der Waals surface area contributed by atoms with Gasteiger partial charge in [-0.2, -0.15) is 0 Å². The number of sulfonamides is 2. The van der Waals surface area contributed by atoms with Crippen LogP contribution in [0.4, 0.5) is 11.4 Å². The number of aryl methyl sites for hydroxylation is 1. The standard InChI is InChI=1S/C19H23ClN2O5S2/c1-3-11-28(23,24)22-10-4-5-14-12-16(7-8-17(14)22)21-29(25,26)19-13-15(20)6-9-18(19)27-2/h6-9,12-13,21H,3-5,10-11H2,1-2H3. The van der Waals surface area contributed by atoms with Crippen molar-refractivity contribution in [2.45, 2.75) is 31.1 Å². The van der Waals surface area contributed by atoms with Crippen molar-refractivity contribution in [3.05, 3.63) is 47.0 Å². The number of nitrogens with zero attached hydrogens (tertiary/aromatic N) is 1. The van der Waals surface area contributed by atoms with Crippen LogP contribution in [0, 0.1) is 0 Å². The molecule has 1 aliphatic rings. The highest BCUT2D eigenvalue weighted by atomic mass is 35.5. The Morgan fingerprint density at radius 2 is 1.90 bits per heavy atom. The van der Waals surface area contributed by atoms with Gasteiger partial charge >= 0.3 is 0 Å². The summed E-state index contributed by atoms with van der Waals surface area (Å²) >= 11 is 5.95. The summed E-state index contributed by atoms with van der Waals surface area (Å²) in [5, 5.41) is 0.272. The molecule has 0 saturated carbocycles. The van der Waals surface area contributed by atoms with E-state index in [1.165, 1.54) is 23.5 Å². The molecule has 0 spiro atoms. The molecule has 0 amide bonds. The fraction of sp³-hybridized carbons (Fsp3) is 0.368. The number of nitrogens with one attached hydrogen (secondary N) is 1. The molecule has 2 aromatic carbocycles. The van der Waals surface area contributed by atoms with Crippen LogP contribution in [0.2, 0.25) is 5.02 Å². The third kappa shape index (κ3) is 4.62. The van der Waals surface area contributed by atoms with Crippen LogP contribution in [0.3, 0.4) is 0 Å². The van der Waals surface area contributed by atoms with Crippen LogP contribution < -0.4 is 13.8 Å². The average molecular weight is 459 g/mol. The van der Waals surface area contributed by atoms with Crippen molar-refractivity contribution in [3.63, 3.8) is 0 Å². The molecule has 1 N–H and O–H groups in total. The van der Waals surface area contributed by atoms with Crippen LogP contribution in [0.25, 0.3) is 0 Å². The Balaban J connectivity index is 1.94. The van der Waals surface area contributed by atoms with Crippen molar-refractivity contribution in [2.75, 3.05) is 28.4 Å². The van der Waals surface area contributed by atoms with E-state index >= 15 is 0 Å². The molecule has 0 fully saturated rings. The maximum absolute atomic E-state index is 12.9. The lowest BCUT2D eigenvalue weighted by molar-refractivity contribution is 0.403. The molecule has 10 heteroatoms. The van der Waals surface area contributed by atoms with Crippen molar-refractivity contribution >= 4 is 43.0 Å². The highest BCUT2D eigenvalue weighted by molar-refractivity contribution is 7.93. The zero-order valence-corrected chi connectivity index (χ0v) is 18.6.